The molecule has 5 heteroatoms. The van der Waals surface area contributed by atoms with Crippen molar-refractivity contribution >= 4 is 10.9 Å². The van der Waals surface area contributed by atoms with Crippen LogP contribution in [0.2, 0.25) is 0 Å². The Morgan fingerprint density at radius 2 is 1.81 bits per heavy atom. The highest BCUT2D eigenvalue weighted by atomic mass is 15.5. The first-order chi connectivity index (χ1) is 10.3. The minimum Gasteiger partial charge on any atom is -0.360 e. The number of hydrogen-bond acceptors (Lipinski definition) is 3. The number of nitrogens with one attached hydrogen (secondary N) is 1. The van der Waals surface area contributed by atoms with Crippen molar-refractivity contribution in [3.8, 4) is 17.1 Å². The minimum absolute atomic E-state index is 0.733. The van der Waals surface area contributed by atoms with E-state index in [0.29, 0.717) is 0 Å². The van der Waals surface area contributed by atoms with Gasteiger partial charge in [-0.3, -0.25) is 0 Å². The molecule has 0 fully saturated rings. The molecule has 0 aliphatic carbocycles. The number of aromatic amines is 1. The van der Waals surface area contributed by atoms with Crippen molar-refractivity contribution in [2.75, 3.05) is 0 Å². The molecule has 0 aliphatic heterocycles. The molecule has 102 valence electrons. The number of tetrazole rings is 1. The third kappa shape index (κ3) is 1.90. The van der Waals surface area contributed by atoms with E-state index in [9.17, 15) is 0 Å². The Morgan fingerprint density at radius 1 is 1.00 bits per heavy atom. The van der Waals surface area contributed by atoms with Crippen molar-refractivity contribution in [3.05, 3.63) is 60.3 Å². The summed E-state index contributed by atoms with van der Waals surface area (Å²) >= 11 is 0. The lowest BCUT2D eigenvalue weighted by atomic mass is 10.1. The fourth-order valence-electron chi connectivity index (χ4n) is 2.47. The SMILES string of the molecule is Cc1ccc(-n2nnnc2-c2c[nH]c3ccccc23)cc1. The molecular weight excluding hydrogens is 262 g/mol. The second-order valence-electron chi connectivity index (χ2n) is 5.00. The number of aryl methyl sites for hydroxylation is 1. The maximum absolute atomic E-state index is 4.19. The molecule has 0 radical (unpaired) electrons. The highest BCUT2D eigenvalue weighted by Gasteiger charge is 2.14. The highest BCUT2D eigenvalue weighted by molar-refractivity contribution is 5.93. The summed E-state index contributed by atoms with van der Waals surface area (Å²) in [6, 6.07) is 16.3. The summed E-state index contributed by atoms with van der Waals surface area (Å²) in [6.07, 6.45) is 1.95. The van der Waals surface area contributed by atoms with Crippen LogP contribution in [0.4, 0.5) is 0 Å². The molecule has 1 N–H and O–H groups in total. The van der Waals surface area contributed by atoms with Crippen LogP contribution in [0.15, 0.2) is 54.7 Å². The molecule has 2 aromatic carbocycles. The van der Waals surface area contributed by atoms with Gasteiger partial charge in [0.05, 0.1) is 5.69 Å². The number of rotatable bonds is 2. The van der Waals surface area contributed by atoms with Gasteiger partial charge in [-0.2, -0.15) is 4.68 Å². The monoisotopic (exact) mass is 275 g/mol. The molecule has 0 bridgehead atoms. The van der Waals surface area contributed by atoms with Crippen LogP contribution in [0.5, 0.6) is 0 Å². The van der Waals surface area contributed by atoms with E-state index < -0.39 is 0 Å². The third-order valence-corrected chi connectivity index (χ3v) is 3.58. The van der Waals surface area contributed by atoms with Gasteiger partial charge < -0.3 is 4.98 Å². The Hall–Kier alpha value is -2.95. The Kier molecular flexibility index (Phi) is 2.57. The molecule has 4 aromatic rings. The van der Waals surface area contributed by atoms with Gasteiger partial charge >= 0.3 is 0 Å². The van der Waals surface area contributed by atoms with Crippen LogP contribution in [-0.4, -0.2) is 25.2 Å². The summed E-state index contributed by atoms with van der Waals surface area (Å²) in [5.41, 5.74) is 4.23. The van der Waals surface area contributed by atoms with Gasteiger partial charge in [-0.25, -0.2) is 0 Å². The summed E-state index contributed by atoms with van der Waals surface area (Å²) < 4.78 is 1.76. The lowest BCUT2D eigenvalue weighted by Gasteiger charge is -2.04. The molecule has 2 heterocycles. The van der Waals surface area contributed by atoms with Crippen molar-refractivity contribution < 1.29 is 0 Å². The molecular formula is C16H13N5. The highest BCUT2D eigenvalue weighted by Crippen LogP contribution is 2.27. The van der Waals surface area contributed by atoms with Gasteiger partial charge in [0.1, 0.15) is 0 Å². The quantitative estimate of drug-likeness (QED) is 0.611. The maximum atomic E-state index is 4.19. The number of aromatic nitrogens is 5. The molecule has 0 saturated heterocycles. The van der Waals surface area contributed by atoms with E-state index in [1.54, 1.807) is 4.68 Å². The van der Waals surface area contributed by atoms with Crippen LogP contribution in [0, 0.1) is 6.92 Å². The van der Waals surface area contributed by atoms with Gasteiger partial charge in [0.15, 0.2) is 5.82 Å². The second-order valence-corrected chi connectivity index (χ2v) is 5.00. The van der Waals surface area contributed by atoms with Crippen LogP contribution in [0.25, 0.3) is 28.0 Å². The first-order valence-corrected chi connectivity index (χ1v) is 6.75. The largest absolute Gasteiger partial charge is 0.360 e. The molecule has 0 saturated carbocycles. The number of para-hydroxylation sites is 1. The van der Waals surface area contributed by atoms with Crippen molar-refractivity contribution in [1.82, 2.24) is 25.2 Å². The Labute approximate surface area is 121 Å². The summed E-state index contributed by atoms with van der Waals surface area (Å²) in [5, 5.41) is 13.3. The molecule has 0 amide bonds. The lowest BCUT2D eigenvalue weighted by molar-refractivity contribution is 0.791. The van der Waals surface area contributed by atoms with Crippen LogP contribution in [0.3, 0.4) is 0 Å². The molecule has 21 heavy (non-hydrogen) atoms. The lowest BCUT2D eigenvalue weighted by Crippen LogP contribution is -1.99. The van der Waals surface area contributed by atoms with Crippen molar-refractivity contribution in [2.24, 2.45) is 0 Å². The van der Waals surface area contributed by atoms with E-state index in [0.717, 1.165) is 28.0 Å². The second kappa shape index (κ2) is 4.56. The molecule has 0 atom stereocenters. The average molecular weight is 275 g/mol. The van der Waals surface area contributed by atoms with E-state index in [4.69, 9.17) is 0 Å². The zero-order valence-corrected chi connectivity index (χ0v) is 11.5. The summed E-state index contributed by atoms with van der Waals surface area (Å²) in [7, 11) is 0. The smallest absolute Gasteiger partial charge is 0.189 e. The zero-order valence-electron chi connectivity index (χ0n) is 11.5. The third-order valence-electron chi connectivity index (χ3n) is 3.58. The van der Waals surface area contributed by atoms with Gasteiger partial charge in [-0.15, -0.1) is 5.10 Å². The van der Waals surface area contributed by atoms with Crippen molar-refractivity contribution in [3.63, 3.8) is 0 Å². The number of fused-ring (bicyclic) bond motifs is 1. The predicted octanol–water partition coefficient (Wildman–Crippen LogP) is 3.12. The van der Waals surface area contributed by atoms with Crippen LogP contribution >= 0.6 is 0 Å². The summed E-state index contributed by atoms with van der Waals surface area (Å²) in [5.74, 6) is 0.733. The van der Waals surface area contributed by atoms with E-state index >= 15 is 0 Å². The summed E-state index contributed by atoms with van der Waals surface area (Å²) in [6.45, 7) is 2.06. The fraction of sp³-hybridized carbons (Fsp3) is 0.0625. The van der Waals surface area contributed by atoms with E-state index in [1.807, 2.05) is 36.5 Å². The van der Waals surface area contributed by atoms with Gasteiger partial charge in [-0.1, -0.05) is 35.9 Å². The topological polar surface area (TPSA) is 59.4 Å². The van der Waals surface area contributed by atoms with Crippen molar-refractivity contribution in [2.45, 2.75) is 6.92 Å². The standard InChI is InChI=1S/C16H13N5/c1-11-6-8-12(9-7-11)21-16(18-19-20-21)14-10-17-15-5-3-2-4-13(14)15/h2-10,17H,1H3. The first-order valence-electron chi connectivity index (χ1n) is 6.75. The normalized spacial score (nSPS) is 11.1. The predicted molar refractivity (Wildman–Crippen MR) is 81.2 cm³/mol. The maximum Gasteiger partial charge on any atom is 0.189 e. The van der Waals surface area contributed by atoms with E-state index in [2.05, 4.69) is 45.6 Å². The van der Waals surface area contributed by atoms with Crippen molar-refractivity contribution in [1.29, 1.82) is 0 Å². The minimum atomic E-state index is 0.733. The molecule has 4 rings (SSSR count). The van der Waals surface area contributed by atoms with Gasteiger partial charge in [0.25, 0.3) is 0 Å². The first kappa shape index (κ1) is 11.8. The molecule has 2 aromatic heterocycles. The Balaban J connectivity index is 1.91. The number of benzene rings is 2. The van der Waals surface area contributed by atoms with Gasteiger partial charge in [0.2, 0.25) is 0 Å². The zero-order chi connectivity index (χ0) is 14.2. The van der Waals surface area contributed by atoms with E-state index in [-0.39, 0.29) is 0 Å². The van der Waals surface area contributed by atoms with Gasteiger partial charge in [-0.05, 0) is 35.5 Å². The Bertz CT molecular complexity index is 902. The summed E-state index contributed by atoms with van der Waals surface area (Å²) in [4.78, 5) is 3.26. The molecule has 0 aliphatic rings. The van der Waals surface area contributed by atoms with E-state index in [1.165, 1.54) is 5.56 Å². The van der Waals surface area contributed by atoms with Crippen LogP contribution in [0.1, 0.15) is 5.56 Å². The molecule has 0 unspecified atom stereocenters. The van der Waals surface area contributed by atoms with Crippen LogP contribution in [-0.2, 0) is 0 Å². The van der Waals surface area contributed by atoms with Gasteiger partial charge in [0, 0.05) is 22.7 Å². The fourth-order valence-corrected chi connectivity index (χ4v) is 2.47. The molecule has 0 spiro atoms. The average Bonchev–Trinajstić information content (AvgIpc) is 3.14. The Morgan fingerprint density at radius 3 is 2.67 bits per heavy atom. The van der Waals surface area contributed by atoms with Crippen LogP contribution < -0.4 is 0 Å². The molecule has 5 nitrogen and oxygen atoms in total. The number of hydrogen-bond donors (Lipinski definition) is 1. The number of nitrogens with zero attached hydrogens (tertiary/aromatic N) is 4. The number of H-pyrrole nitrogens is 1.